The van der Waals surface area contributed by atoms with Gasteiger partial charge in [-0.3, -0.25) is 4.79 Å². The summed E-state index contributed by atoms with van der Waals surface area (Å²) in [4.78, 5) is 12.7. The normalized spacial score (nSPS) is 12.7. The van der Waals surface area contributed by atoms with E-state index in [1.165, 1.54) is 0 Å². The number of aromatic nitrogens is 1. The highest BCUT2D eigenvalue weighted by Crippen LogP contribution is 2.36. The van der Waals surface area contributed by atoms with Crippen LogP contribution >= 0.6 is 11.6 Å². The minimum absolute atomic E-state index is 0.0962. The third kappa shape index (κ3) is 3.47. The molecule has 140 valence electrons. The average Bonchev–Trinajstić information content (AvgIpc) is 3.08. The van der Waals surface area contributed by atoms with Crippen LogP contribution in [-0.4, -0.2) is 30.2 Å². The molecule has 0 aliphatic carbocycles. The van der Waals surface area contributed by atoms with Crippen LogP contribution in [0.25, 0.3) is 10.9 Å². The highest BCUT2D eigenvalue weighted by molar-refractivity contribution is 6.36. The molecule has 27 heavy (non-hydrogen) atoms. The summed E-state index contributed by atoms with van der Waals surface area (Å²) >= 11 is 6.31. The number of amides is 1. The molecule has 4 rings (SSSR count). The summed E-state index contributed by atoms with van der Waals surface area (Å²) in [5.74, 6) is 1.54. The van der Waals surface area contributed by atoms with E-state index in [1.54, 1.807) is 0 Å². The van der Waals surface area contributed by atoms with E-state index in [4.69, 9.17) is 21.1 Å². The van der Waals surface area contributed by atoms with Crippen molar-refractivity contribution in [1.29, 1.82) is 0 Å². The number of benzene rings is 2. The Hall–Kier alpha value is -2.66. The van der Waals surface area contributed by atoms with Crippen molar-refractivity contribution >= 4 is 28.4 Å². The van der Waals surface area contributed by atoms with Gasteiger partial charge in [0.05, 0.1) is 23.7 Å². The highest BCUT2D eigenvalue weighted by Gasteiger charge is 2.22. The maximum Gasteiger partial charge on any atom is 0.267 e. The molecule has 0 atom stereocenters. The lowest BCUT2D eigenvalue weighted by Crippen LogP contribution is -2.29. The molecule has 2 aromatic carbocycles. The molecule has 5 nitrogen and oxygen atoms in total. The average molecular weight is 385 g/mol. The molecule has 1 N–H and O–H groups in total. The van der Waals surface area contributed by atoms with Gasteiger partial charge in [0.1, 0.15) is 23.8 Å². The topological polar surface area (TPSA) is 52.5 Å². The third-order valence-electron chi connectivity index (χ3n) is 4.71. The Bertz CT molecular complexity index is 979. The van der Waals surface area contributed by atoms with E-state index in [9.17, 15) is 4.79 Å². The summed E-state index contributed by atoms with van der Waals surface area (Å²) in [5, 5.41) is 4.49. The largest absolute Gasteiger partial charge is 0.494 e. The molecule has 1 amide bonds. The van der Waals surface area contributed by atoms with Crippen molar-refractivity contribution in [2.75, 3.05) is 19.8 Å². The van der Waals surface area contributed by atoms with E-state index in [2.05, 4.69) is 5.32 Å². The fourth-order valence-electron chi connectivity index (χ4n) is 3.43. The first-order valence-corrected chi connectivity index (χ1v) is 9.49. The zero-order chi connectivity index (χ0) is 18.8. The van der Waals surface area contributed by atoms with Crippen LogP contribution in [0, 0.1) is 0 Å². The Balaban J connectivity index is 1.46. The molecule has 0 spiro atoms. The molecule has 3 aromatic rings. The van der Waals surface area contributed by atoms with Crippen molar-refractivity contribution < 1.29 is 14.3 Å². The lowest BCUT2D eigenvalue weighted by atomic mass is 10.1. The number of nitrogens with one attached hydrogen (secondary N) is 1. The van der Waals surface area contributed by atoms with Crippen LogP contribution in [0.15, 0.2) is 42.5 Å². The van der Waals surface area contributed by atoms with Gasteiger partial charge in [-0.1, -0.05) is 23.7 Å². The molecule has 0 saturated carbocycles. The van der Waals surface area contributed by atoms with Crippen molar-refractivity contribution in [3.05, 3.63) is 58.7 Å². The fourth-order valence-corrected chi connectivity index (χ4v) is 3.63. The zero-order valence-electron chi connectivity index (χ0n) is 15.1. The van der Waals surface area contributed by atoms with Crippen molar-refractivity contribution in [2.45, 2.75) is 19.9 Å². The summed E-state index contributed by atoms with van der Waals surface area (Å²) in [5.41, 5.74) is 2.67. The van der Waals surface area contributed by atoms with Gasteiger partial charge >= 0.3 is 0 Å². The first kappa shape index (κ1) is 17.7. The summed E-state index contributed by atoms with van der Waals surface area (Å²) in [6.45, 7) is 4.36. The Labute approximate surface area is 162 Å². The number of carbonyl (C=O) groups excluding carboxylic acids is 1. The molecular weight excluding hydrogens is 364 g/mol. The van der Waals surface area contributed by atoms with Gasteiger partial charge in [0.25, 0.3) is 5.91 Å². The summed E-state index contributed by atoms with van der Waals surface area (Å²) in [7, 11) is 0. The second-order valence-electron chi connectivity index (χ2n) is 6.42. The number of hydrogen-bond acceptors (Lipinski definition) is 3. The number of carbonyl (C=O) groups is 1. The van der Waals surface area contributed by atoms with Crippen molar-refractivity contribution in [1.82, 2.24) is 9.88 Å². The molecular formula is C21H21ClN2O3. The van der Waals surface area contributed by atoms with Crippen molar-refractivity contribution in [3.63, 3.8) is 0 Å². The molecule has 2 heterocycles. The Morgan fingerprint density at radius 1 is 1.26 bits per heavy atom. The van der Waals surface area contributed by atoms with Crippen LogP contribution in [0.4, 0.5) is 0 Å². The maximum absolute atomic E-state index is 12.7. The van der Waals surface area contributed by atoms with E-state index in [0.717, 1.165) is 34.4 Å². The first-order valence-electron chi connectivity index (χ1n) is 9.12. The first-order chi connectivity index (χ1) is 13.2. The van der Waals surface area contributed by atoms with Gasteiger partial charge in [0.15, 0.2) is 0 Å². The molecule has 0 fully saturated rings. The maximum atomic E-state index is 12.7. The van der Waals surface area contributed by atoms with E-state index < -0.39 is 0 Å². The molecule has 0 radical (unpaired) electrons. The standard InChI is InChI=1S/C21H21ClN2O3/c1-2-26-15-5-3-14(4-6-15)9-10-23-21(25)18-13-16-17(22)7-8-19-20(16)24(18)11-12-27-19/h3-8,13H,2,9-12H2,1H3,(H,23,25). The van der Waals surface area contributed by atoms with Crippen LogP contribution < -0.4 is 14.8 Å². The molecule has 0 unspecified atom stereocenters. The Morgan fingerprint density at radius 2 is 2.07 bits per heavy atom. The number of halogens is 1. The summed E-state index contributed by atoms with van der Waals surface area (Å²) in [6.07, 6.45) is 0.757. The predicted molar refractivity (Wildman–Crippen MR) is 106 cm³/mol. The van der Waals surface area contributed by atoms with E-state index >= 15 is 0 Å². The van der Waals surface area contributed by atoms with Crippen molar-refractivity contribution in [3.8, 4) is 11.5 Å². The van der Waals surface area contributed by atoms with Crippen molar-refractivity contribution in [2.24, 2.45) is 0 Å². The number of nitrogens with zero attached hydrogens (tertiary/aromatic N) is 1. The van der Waals surface area contributed by atoms with Gasteiger partial charge in [-0.25, -0.2) is 0 Å². The zero-order valence-corrected chi connectivity index (χ0v) is 15.9. The number of rotatable bonds is 6. The Kier molecular flexibility index (Phi) is 4.94. The van der Waals surface area contributed by atoms with Gasteiger partial charge in [0, 0.05) is 11.9 Å². The number of hydrogen-bond donors (Lipinski definition) is 1. The Morgan fingerprint density at radius 3 is 2.85 bits per heavy atom. The van der Waals surface area contributed by atoms with Gasteiger partial charge < -0.3 is 19.4 Å². The lowest BCUT2D eigenvalue weighted by Gasteiger charge is -2.19. The molecule has 0 bridgehead atoms. The number of ether oxygens (including phenoxy) is 2. The molecule has 1 aliphatic rings. The quantitative estimate of drug-likeness (QED) is 0.697. The summed E-state index contributed by atoms with van der Waals surface area (Å²) in [6, 6.07) is 13.5. The van der Waals surface area contributed by atoms with E-state index in [0.29, 0.717) is 37.0 Å². The predicted octanol–water partition coefficient (Wildman–Crippen LogP) is 4.06. The van der Waals surface area contributed by atoms with Gasteiger partial charge in [-0.15, -0.1) is 0 Å². The van der Waals surface area contributed by atoms with Crippen LogP contribution in [0.3, 0.4) is 0 Å². The SMILES string of the molecule is CCOc1ccc(CCNC(=O)c2cc3c(Cl)ccc4c3n2CCO4)cc1. The summed E-state index contributed by atoms with van der Waals surface area (Å²) < 4.78 is 13.1. The molecule has 1 aliphatic heterocycles. The minimum Gasteiger partial charge on any atom is -0.494 e. The third-order valence-corrected chi connectivity index (χ3v) is 5.04. The van der Waals surface area contributed by atoms with Gasteiger partial charge in [-0.2, -0.15) is 0 Å². The van der Waals surface area contributed by atoms with E-state index in [-0.39, 0.29) is 5.91 Å². The van der Waals surface area contributed by atoms with Gasteiger partial charge in [-0.05, 0) is 49.2 Å². The van der Waals surface area contributed by atoms with Crippen LogP contribution in [-0.2, 0) is 13.0 Å². The highest BCUT2D eigenvalue weighted by atomic mass is 35.5. The molecule has 1 aromatic heterocycles. The fraction of sp³-hybridized carbons (Fsp3) is 0.286. The van der Waals surface area contributed by atoms with Crippen LogP contribution in [0.2, 0.25) is 5.02 Å². The lowest BCUT2D eigenvalue weighted by molar-refractivity contribution is 0.0943. The smallest absolute Gasteiger partial charge is 0.267 e. The van der Waals surface area contributed by atoms with Gasteiger partial charge in [0.2, 0.25) is 0 Å². The second-order valence-corrected chi connectivity index (χ2v) is 6.83. The minimum atomic E-state index is -0.0962. The van der Waals surface area contributed by atoms with Crippen LogP contribution in [0.1, 0.15) is 23.0 Å². The molecule has 0 saturated heterocycles. The second kappa shape index (κ2) is 7.53. The monoisotopic (exact) mass is 384 g/mol. The van der Waals surface area contributed by atoms with E-state index in [1.807, 2.05) is 54.0 Å². The molecule has 6 heteroatoms. The van der Waals surface area contributed by atoms with Crippen LogP contribution in [0.5, 0.6) is 11.5 Å².